The summed E-state index contributed by atoms with van der Waals surface area (Å²) in [5, 5.41) is 12.1. The zero-order valence-electron chi connectivity index (χ0n) is 15.8. The average Bonchev–Trinajstić information content (AvgIpc) is 2.74. The zero-order valence-corrected chi connectivity index (χ0v) is 18.9. The van der Waals surface area contributed by atoms with Gasteiger partial charge in [-0.05, 0) is 66.7 Å². The van der Waals surface area contributed by atoms with Gasteiger partial charge in [0, 0.05) is 20.6 Å². The van der Waals surface area contributed by atoms with Crippen LogP contribution in [0.4, 0.5) is 11.4 Å². The molecule has 0 unspecified atom stereocenters. The summed E-state index contributed by atoms with van der Waals surface area (Å²) in [7, 11) is -3.95. The maximum atomic E-state index is 12.8. The van der Waals surface area contributed by atoms with E-state index in [1.54, 1.807) is 24.3 Å². The largest absolute Gasteiger partial charge is 0.322 e. The molecular weight excluding hydrogens is 477 g/mol. The lowest BCUT2D eigenvalue weighted by molar-refractivity contribution is 0.102. The van der Waals surface area contributed by atoms with Crippen LogP contribution in [0.15, 0.2) is 76.5 Å². The molecule has 3 aromatic carbocycles. The molecule has 0 saturated heterocycles. The minimum absolute atomic E-state index is 0.00339. The lowest BCUT2D eigenvalue weighted by atomic mass is 10.1. The molecule has 0 aliphatic rings. The number of nitrogens with one attached hydrogen (secondary N) is 2. The normalized spacial score (nSPS) is 10.9. The lowest BCUT2D eigenvalue weighted by Crippen LogP contribution is -2.18. The molecule has 3 aromatic rings. The van der Waals surface area contributed by atoms with Crippen LogP contribution in [0, 0.1) is 11.3 Å². The molecule has 0 aromatic heterocycles. The van der Waals surface area contributed by atoms with Gasteiger partial charge in [-0.3, -0.25) is 9.52 Å². The van der Waals surface area contributed by atoms with Gasteiger partial charge >= 0.3 is 0 Å². The Morgan fingerprint density at radius 1 is 0.968 bits per heavy atom. The second-order valence-corrected chi connectivity index (χ2v) is 9.78. The Bertz CT molecular complexity index is 1240. The summed E-state index contributed by atoms with van der Waals surface area (Å²) in [6, 6.07) is 18.9. The van der Waals surface area contributed by atoms with E-state index in [1.165, 1.54) is 54.2 Å². The van der Waals surface area contributed by atoms with Crippen LogP contribution in [0.25, 0.3) is 0 Å². The summed E-state index contributed by atoms with van der Waals surface area (Å²) in [6.07, 6.45) is 0. The van der Waals surface area contributed by atoms with E-state index in [2.05, 4.69) is 10.0 Å². The Kier molecular flexibility index (Phi) is 7.46. The fourth-order valence-corrected chi connectivity index (χ4v) is 4.50. The smallest absolute Gasteiger partial charge is 0.261 e. The highest BCUT2D eigenvalue weighted by Crippen LogP contribution is 2.26. The number of nitrogens with zero attached hydrogens (tertiary/aromatic N) is 1. The van der Waals surface area contributed by atoms with Crippen LogP contribution in [0.2, 0.25) is 10.0 Å². The fourth-order valence-electron chi connectivity index (χ4n) is 2.56. The van der Waals surface area contributed by atoms with E-state index in [-0.39, 0.29) is 21.2 Å². The Labute approximate surface area is 194 Å². The molecule has 0 saturated carbocycles. The van der Waals surface area contributed by atoms with E-state index in [9.17, 15) is 13.2 Å². The Morgan fingerprint density at radius 2 is 1.61 bits per heavy atom. The van der Waals surface area contributed by atoms with Crippen molar-refractivity contribution in [1.29, 1.82) is 5.26 Å². The van der Waals surface area contributed by atoms with Gasteiger partial charge in [0.15, 0.2) is 0 Å². The first-order chi connectivity index (χ1) is 14.8. The van der Waals surface area contributed by atoms with Gasteiger partial charge in [0.25, 0.3) is 15.9 Å². The van der Waals surface area contributed by atoms with Crippen molar-refractivity contribution in [2.45, 2.75) is 9.79 Å². The first kappa shape index (κ1) is 23.0. The van der Waals surface area contributed by atoms with E-state index in [4.69, 9.17) is 28.5 Å². The zero-order chi connectivity index (χ0) is 22.4. The second kappa shape index (κ2) is 10.1. The van der Waals surface area contributed by atoms with E-state index < -0.39 is 15.9 Å². The fraction of sp³-hybridized carbons (Fsp3) is 0.0476. The van der Waals surface area contributed by atoms with Gasteiger partial charge in [0.05, 0.1) is 28.0 Å². The molecule has 0 atom stereocenters. The van der Waals surface area contributed by atoms with Gasteiger partial charge in [0.1, 0.15) is 0 Å². The molecule has 0 spiro atoms. The van der Waals surface area contributed by atoms with Crippen molar-refractivity contribution < 1.29 is 13.2 Å². The van der Waals surface area contributed by atoms with E-state index in [0.717, 1.165) is 4.90 Å². The Balaban J connectivity index is 1.83. The van der Waals surface area contributed by atoms with E-state index in [0.29, 0.717) is 16.5 Å². The van der Waals surface area contributed by atoms with Crippen molar-refractivity contribution in [3.05, 3.63) is 82.3 Å². The number of halogens is 2. The molecule has 3 rings (SSSR count). The number of benzene rings is 3. The average molecular weight is 492 g/mol. The highest BCUT2D eigenvalue weighted by molar-refractivity contribution is 7.99. The number of carbonyl (C=O) groups excluding carboxylic acids is 1. The van der Waals surface area contributed by atoms with Gasteiger partial charge in [-0.25, -0.2) is 8.42 Å². The number of amides is 1. The predicted molar refractivity (Wildman–Crippen MR) is 124 cm³/mol. The van der Waals surface area contributed by atoms with Crippen LogP contribution in [0.5, 0.6) is 0 Å². The number of anilines is 2. The van der Waals surface area contributed by atoms with Crippen molar-refractivity contribution in [2.24, 2.45) is 0 Å². The van der Waals surface area contributed by atoms with Crippen molar-refractivity contribution in [3.63, 3.8) is 0 Å². The monoisotopic (exact) mass is 491 g/mol. The number of hydrogen-bond acceptors (Lipinski definition) is 5. The second-order valence-electron chi connectivity index (χ2n) is 6.17. The summed E-state index contributed by atoms with van der Waals surface area (Å²) in [5.41, 5.74) is 0.656. The standard InChI is InChI=1S/C21H15Cl2N3O3S2/c22-14-1-8-18(9-2-14)31(28,29)26-20-10-3-15(23)13-19(20)21(27)25-16-4-6-17(7-5-16)30-12-11-24/h1-10,13,26H,12H2,(H,25,27). The molecule has 0 bridgehead atoms. The van der Waals surface area contributed by atoms with E-state index in [1.807, 2.05) is 6.07 Å². The molecule has 0 heterocycles. The van der Waals surface area contributed by atoms with Crippen LogP contribution in [-0.4, -0.2) is 20.1 Å². The maximum absolute atomic E-state index is 12.8. The molecular formula is C21H15Cl2N3O3S2. The van der Waals surface area contributed by atoms with Crippen molar-refractivity contribution in [1.82, 2.24) is 0 Å². The molecule has 2 N–H and O–H groups in total. The molecule has 6 nitrogen and oxygen atoms in total. The number of sulfonamides is 1. The predicted octanol–water partition coefficient (Wildman–Crippen LogP) is 5.66. The molecule has 1 amide bonds. The summed E-state index contributed by atoms with van der Waals surface area (Å²) in [6.45, 7) is 0. The third kappa shape index (κ3) is 6.15. The number of hydrogen-bond donors (Lipinski definition) is 2. The van der Waals surface area contributed by atoms with Crippen LogP contribution in [0.3, 0.4) is 0 Å². The number of carbonyl (C=O) groups is 1. The SMILES string of the molecule is N#CCSc1ccc(NC(=O)c2cc(Cl)ccc2NS(=O)(=O)c2ccc(Cl)cc2)cc1. The molecule has 0 fully saturated rings. The topological polar surface area (TPSA) is 99.1 Å². The highest BCUT2D eigenvalue weighted by atomic mass is 35.5. The summed E-state index contributed by atoms with van der Waals surface area (Å²) in [4.78, 5) is 13.7. The molecule has 0 radical (unpaired) electrons. The van der Waals surface area contributed by atoms with Crippen molar-refractivity contribution in [3.8, 4) is 6.07 Å². The Morgan fingerprint density at radius 3 is 2.26 bits per heavy atom. The Hall–Kier alpha value is -2.70. The summed E-state index contributed by atoms with van der Waals surface area (Å²) < 4.78 is 27.8. The van der Waals surface area contributed by atoms with Gasteiger partial charge in [-0.15, -0.1) is 11.8 Å². The number of rotatable bonds is 7. The first-order valence-electron chi connectivity index (χ1n) is 8.77. The molecule has 0 aliphatic heterocycles. The van der Waals surface area contributed by atoms with Gasteiger partial charge in [0.2, 0.25) is 0 Å². The number of thioether (sulfide) groups is 1. The molecule has 0 aliphatic carbocycles. The summed E-state index contributed by atoms with van der Waals surface area (Å²) in [5.74, 6) is -0.209. The number of nitriles is 1. The first-order valence-corrected chi connectivity index (χ1v) is 12.0. The lowest BCUT2D eigenvalue weighted by Gasteiger charge is -2.14. The quantitative estimate of drug-likeness (QED) is 0.415. The van der Waals surface area contributed by atoms with Crippen LogP contribution in [-0.2, 0) is 10.0 Å². The van der Waals surface area contributed by atoms with Crippen molar-refractivity contribution >= 4 is 62.3 Å². The van der Waals surface area contributed by atoms with Gasteiger partial charge in [-0.1, -0.05) is 23.2 Å². The highest BCUT2D eigenvalue weighted by Gasteiger charge is 2.19. The van der Waals surface area contributed by atoms with Crippen molar-refractivity contribution in [2.75, 3.05) is 15.8 Å². The molecule has 31 heavy (non-hydrogen) atoms. The summed E-state index contributed by atoms with van der Waals surface area (Å²) >= 11 is 13.2. The third-order valence-electron chi connectivity index (χ3n) is 4.01. The third-order valence-corrected chi connectivity index (χ3v) is 6.76. The minimum atomic E-state index is -3.95. The maximum Gasteiger partial charge on any atom is 0.261 e. The minimum Gasteiger partial charge on any atom is -0.322 e. The van der Waals surface area contributed by atoms with Gasteiger partial charge < -0.3 is 5.32 Å². The van der Waals surface area contributed by atoms with Gasteiger partial charge in [-0.2, -0.15) is 5.26 Å². The molecule has 158 valence electrons. The van der Waals surface area contributed by atoms with E-state index >= 15 is 0 Å². The van der Waals surface area contributed by atoms with Crippen LogP contribution in [0.1, 0.15) is 10.4 Å². The van der Waals surface area contributed by atoms with Crippen LogP contribution < -0.4 is 10.0 Å². The molecule has 10 heteroatoms. The van der Waals surface area contributed by atoms with Crippen LogP contribution >= 0.6 is 35.0 Å².